The Hall–Kier alpha value is -1.53. The monoisotopic (exact) mass is 258 g/mol. The van der Waals surface area contributed by atoms with Crippen LogP contribution in [-0.2, 0) is 6.42 Å². The molecule has 19 heavy (non-hydrogen) atoms. The highest BCUT2D eigenvalue weighted by atomic mass is 16.5. The molecule has 2 rings (SSSR count). The Bertz CT molecular complexity index is 439. The largest absolute Gasteiger partial charge is 0.497 e. The van der Waals surface area contributed by atoms with Crippen molar-refractivity contribution >= 4 is 0 Å². The molecule has 0 aliphatic carbocycles. The second kappa shape index (κ2) is 6.08. The average molecular weight is 258 g/mol. The number of rotatable bonds is 4. The highest BCUT2D eigenvalue weighted by molar-refractivity contribution is 5.27. The first kappa shape index (κ1) is 13.9. The van der Waals surface area contributed by atoms with E-state index in [0.717, 1.165) is 44.6 Å². The number of nitriles is 1. The Labute approximate surface area is 115 Å². The maximum atomic E-state index is 9.11. The number of benzene rings is 1. The topological polar surface area (TPSA) is 36.3 Å². The molecule has 3 heteroatoms. The molecule has 0 amide bonds. The summed E-state index contributed by atoms with van der Waals surface area (Å²) < 4.78 is 5.16. The summed E-state index contributed by atoms with van der Waals surface area (Å²) in [6.07, 6.45) is 3.05. The fourth-order valence-electron chi connectivity index (χ4n) is 2.46. The van der Waals surface area contributed by atoms with E-state index in [0.29, 0.717) is 0 Å². The van der Waals surface area contributed by atoms with E-state index in [2.05, 4.69) is 30.0 Å². The fourth-order valence-corrected chi connectivity index (χ4v) is 2.46. The minimum Gasteiger partial charge on any atom is -0.497 e. The number of ether oxygens (including phenoxy) is 1. The maximum absolute atomic E-state index is 9.11. The van der Waals surface area contributed by atoms with Gasteiger partial charge in [0.05, 0.1) is 18.6 Å². The molecule has 0 radical (unpaired) electrons. The summed E-state index contributed by atoms with van der Waals surface area (Å²) in [7, 11) is 1.69. The summed E-state index contributed by atoms with van der Waals surface area (Å²) >= 11 is 0. The van der Waals surface area contributed by atoms with Gasteiger partial charge in [0.25, 0.3) is 0 Å². The van der Waals surface area contributed by atoms with E-state index in [9.17, 15) is 0 Å². The third kappa shape index (κ3) is 3.71. The molecule has 1 saturated heterocycles. The fraction of sp³-hybridized carbons (Fsp3) is 0.562. The highest BCUT2D eigenvalue weighted by Crippen LogP contribution is 2.29. The van der Waals surface area contributed by atoms with E-state index < -0.39 is 0 Å². The molecule has 0 saturated carbocycles. The molecule has 3 nitrogen and oxygen atoms in total. The third-order valence-corrected chi connectivity index (χ3v) is 4.11. The molecule has 1 aromatic rings. The van der Waals surface area contributed by atoms with E-state index in [1.807, 2.05) is 12.1 Å². The Kier molecular flexibility index (Phi) is 4.44. The van der Waals surface area contributed by atoms with Crippen LogP contribution >= 0.6 is 0 Å². The summed E-state index contributed by atoms with van der Waals surface area (Å²) in [5, 5.41) is 9.11. The maximum Gasteiger partial charge on any atom is 0.118 e. The van der Waals surface area contributed by atoms with Crippen LogP contribution in [0.3, 0.4) is 0 Å². The molecule has 1 aromatic carbocycles. The van der Waals surface area contributed by atoms with Gasteiger partial charge in [-0.2, -0.15) is 5.26 Å². The lowest BCUT2D eigenvalue weighted by Gasteiger charge is -2.34. The van der Waals surface area contributed by atoms with Gasteiger partial charge in [0.1, 0.15) is 5.75 Å². The van der Waals surface area contributed by atoms with Gasteiger partial charge in [0, 0.05) is 6.54 Å². The zero-order valence-electron chi connectivity index (χ0n) is 11.9. The van der Waals surface area contributed by atoms with Crippen LogP contribution in [0.1, 0.15) is 25.3 Å². The van der Waals surface area contributed by atoms with Crippen molar-refractivity contribution in [2.45, 2.75) is 26.2 Å². The van der Waals surface area contributed by atoms with Gasteiger partial charge in [-0.05, 0) is 57.0 Å². The lowest BCUT2D eigenvalue weighted by Crippen LogP contribution is -2.39. The van der Waals surface area contributed by atoms with Crippen molar-refractivity contribution in [2.75, 3.05) is 26.7 Å². The molecule has 1 fully saturated rings. The van der Waals surface area contributed by atoms with Crippen LogP contribution in [0.15, 0.2) is 24.3 Å². The van der Waals surface area contributed by atoms with Crippen molar-refractivity contribution in [3.63, 3.8) is 0 Å². The molecule has 0 N–H and O–H groups in total. The van der Waals surface area contributed by atoms with E-state index in [-0.39, 0.29) is 5.41 Å². The number of nitrogens with zero attached hydrogens (tertiary/aromatic N) is 2. The lowest BCUT2D eigenvalue weighted by atomic mass is 9.82. The van der Waals surface area contributed by atoms with E-state index >= 15 is 0 Å². The minimum atomic E-state index is -0.101. The summed E-state index contributed by atoms with van der Waals surface area (Å²) in [6.45, 7) is 5.24. The second-order valence-corrected chi connectivity index (χ2v) is 5.61. The van der Waals surface area contributed by atoms with Crippen LogP contribution in [0.25, 0.3) is 0 Å². The second-order valence-electron chi connectivity index (χ2n) is 5.61. The third-order valence-electron chi connectivity index (χ3n) is 4.11. The SMILES string of the molecule is COc1ccc(CCN2CCC(C)(C#N)CC2)cc1. The van der Waals surface area contributed by atoms with Crippen molar-refractivity contribution in [2.24, 2.45) is 5.41 Å². The molecule has 0 unspecified atom stereocenters. The van der Waals surface area contributed by atoms with Gasteiger partial charge in [0.2, 0.25) is 0 Å². The normalized spacial score (nSPS) is 18.8. The van der Waals surface area contributed by atoms with Crippen LogP contribution in [0, 0.1) is 16.7 Å². The predicted molar refractivity (Wildman–Crippen MR) is 76.1 cm³/mol. The van der Waals surface area contributed by atoms with Crippen LogP contribution < -0.4 is 4.74 Å². The molecule has 0 atom stereocenters. The van der Waals surface area contributed by atoms with Crippen molar-refractivity contribution < 1.29 is 4.74 Å². The zero-order chi connectivity index (χ0) is 13.7. The van der Waals surface area contributed by atoms with Gasteiger partial charge in [-0.25, -0.2) is 0 Å². The molecular formula is C16H22N2O. The molecule has 0 bridgehead atoms. The Balaban J connectivity index is 1.79. The molecule has 1 aliphatic heterocycles. The smallest absolute Gasteiger partial charge is 0.118 e. The van der Waals surface area contributed by atoms with E-state index in [1.54, 1.807) is 7.11 Å². The Morgan fingerprint density at radius 1 is 1.26 bits per heavy atom. The summed E-state index contributed by atoms with van der Waals surface area (Å²) in [6, 6.07) is 10.7. The first-order chi connectivity index (χ1) is 9.15. The van der Waals surface area contributed by atoms with Gasteiger partial charge in [-0.15, -0.1) is 0 Å². The number of likely N-dealkylation sites (tertiary alicyclic amines) is 1. The van der Waals surface area contributed by atoms with Crippen molar-refractivity contribution in [1.82, 2.24) is 4.90 Å². The molecule has 0 aromatic heterocycles. The Morgan fingerprint density at radius 3 is 2.42 bits per heavy atom. The van der Waals surface area contributed by atoms with Crippen LogP contribution in [0.4, 0.5) is 0 Å². The van der Waals surface area contributed by atoms with Gasteiger partial charge in [0.15, 0.2) is 0 Å². The van der Waals surface area contributed by atoms with Crippen molar-refractivity contribution in [3.05, 3.63) is 29.8 Å². The lowest BCUT2D eigenvalue weighted by molar-refractivity contribution is 0.158. The molecule has 1 aliphatic rings. The molecular weight excluding hydrogens is 236 g/mol. The average Bonchev–Trinajstić information content (AvgIpc) is 2.47. The number of hydrogen-bond acceptors (Lipinski definition) is 3. The van der Waals surface area contributed by atoms with E-state index in [4.69, 9.17) is 10.00 Å². The minimum absolute atomic E-state index is 0.101. The molecule has 0 spiro atoms. The summed E-state index contributed by atoms with van der Waals surface area (Å²) in [4.78, 5) is 2.46. The van der Waals surface area contributed by atoms with Crippen molar-refractivity contribution in [1.29, 1.82) is 5.26 Å². The molecule has 1 heterocycles. The van der Waals surface area contributed by atoms with E-state index in [1.165, 1.54) is 5.56 Å². The molecule has 102 valence electrons. The summed E-state index contributed by atoms with van der Waals surface area (Å²) in [5.41, 5.74) is 1.24. The standard InChI is InChI=1S/C16H22N2O/c1-16(13-17)8-11-18(12-9-16)10-7-14-3-5-15(19-2)6-4-14/h3-6H,7-12H2,1-2H3. The quantitative estimate of drug-likeness (QED) is 0.833. The highest BCUT2D eigenvalue weighted by Gasteiger charge is 2.29. The number of piperidine rings is 1. The zero-order valence-corrected chi connectivity index (χ0v) is 11.9. The summed E-state index contributed by atoms with van der Waals surface area (Å²) in [5.74, 6) is 0.909. The van der Waals surface area contributed by atoms with Gasteiger partial charge < -0.3 is 9.64 Å². The predicted octanol–water partition coefficient (Wildman–Crippen LogP) is 2.86. The van der Waals surface area contributed by atoms with Gasteiger partial charge in [-0.3, -0.25) is 0 Å². The van der Waals surface area contributed by atoms with Crippen LogP contribution in [-0.4, -0.2) is 31.6 Å². The first-order valence-corrected chi connectivity index (χ1v) is 6.92. The van der Waals surface area contributed by atoms with Crippen LogP contribution in [0.5, 0.6) is 5.75 Å². The Morgan fingerprint density at radius 2 is 1.89 bits per heavy atom. The first-order valence-electron chi connectivity index (χ1n) is 6.92. The van der Waals surface area contributed by atoms with Gasteiger partial charge >= 0.3 is 0 Å². The number of hydrogen-bond donors (Lipinski definition) is 0. The van der Waals surface area contributed by atoms with Gasteiger partial charge in [-0.1, -0.05) is 12.1 Å². The number of methoxy groups -OCH3 is 1. The van der Waals surface area contributed by atoms with Crippen molar-refractivity contribution in [3.8, 4) is 11.8 Å². The van der Waals surface area contributed by atoms with Crippen LogP contribution in [0.2, 0.25) is 0 Å².